The number of rotatable bonds is 3. The summed E-state index contributed by atoms with van der Waals surface area (Å²) in [6, 6.07) is 1.01. The number of carboxylic acid groups (broad SMARTS) is 1. The number of amides is 1. The minimum Gasteiger partial charge on any atom is -0.480 e. The van der Waals surface area contributed by atoms with E-state index in [1.807, 2.05) is 18.4 Å². The maximum Gasteiger partial charge on any atom is 0.328 e. The summed E-state index contributed by atoms with van der Waals surface area (Å²) in [4.78, 5) is 26.4. The Morgan fingerprint density at radius 1 is 1.45 bits per heavy atom. The van der Waals surface area contributed by atoms with Gasteiger partial charge >= 0.3 is 5.97 Å². The Morgan fingerprint density at radius 3 is 2.91 bits per heavy atom. The maximum atomic E-state index is 12.8. The van der Waals surface area contributed by atoms with E-state index in [9.17, 15) is 14.7 Å². The molecule has 2 aromatic rings. The first-order chi connectivity index (χ1) is 10.5. The van der Waals surface area contributed by atoms with E-state index < -0.39 is 12.0 Å². The quantitative estimate of drug-likeness (QED) is 0.921. The molecule has 0 spiro atoms. The van der Waals surface area contributed by atoms with Crippen LogP contribution < -0.4 is 0 Å². The van der Waals surface area contributed by atoms with Gasteiger partial charge in [0.2, 0.25) is 0 Å². The van der Waals surface area contributed by atoms with Crippen LogP contribution in [-0.2, 0) is 24.3 Å². The van der Waals surface area contributed by atoms with E-state index in [1.165, 1.54) is 16.2 Å². The molecule has 1 aliphatic heterocycles. The average Bonchev–Trinajstić information content (AvgIpc) is 3.12. The standard InChI is InChI=1S/C14H16N4O3S/c1-3-9-4-5-22-12(9)13(19)18-7-11-16-15-8(2)17(11)6-10(18)14(20)21/h4-5,10H,3,6-7H2,1-2H3,(H,20,21). The summed E-state index contributed by atoms with van der Waals surface area (Å²) in [6.45, 7) is 4.10. The Bertz CT molecular complexity index is 736. The molecule has 0 radical (unpaired) electrons. The van der Waals surface area contributed by atoms with Crippen LogP contribution in [-0.4, -0.2) is 42.7 Å². The molecular formula is C14H16N4O3S. The van der Waals surface area contributed by atoms with Crippen LogP contribution in [0.2, 0.25) is 0 Å². The Hall–Kier alpha value is -2.22. The molecule has 1 amide bonds. The van der Waals surface area contributed by atoms with Crippen LogP contribution in [0, 0.1) is 6.92 Å². The van der Waals surface area contributed by atoms with Gasteiger partial charge < -0.3 is 14.6 Å². The van der Waals surface area contributed by atoms with Crippen LogP contribution >= 0.6 is 11.3 Å². The molecule has 3 heterocycles. The van der Waals surface area contributed by atoms with Crippen LogP contribution in [0.1, 0.15) is 33.8 Å². The summed E-state index contributed by atoms with van der Waals surface area (Å²) >= 11 is 1.35. The van der Waals surface area contributed by atoms with E-state index in [1.54, 1.807) is 11.5 Å². The molecule has 0 fully saturated rings. The highest BCUT2D eigenvalue weighted by Crippen LogP contribution is 2.25. The molecule has 0 aromatic carbocycles. The molecule has 116 valence electrons. The molecule has 0 aliphatic carbocycles. The first-order valence-corrected chi connectivity index (χ1v) is 7.89. The zero-order valence-corrected chi connectivity index (χ0v) is 13.1. The number of aromatic nitrogens is 3. The molecule has 2 aromatic heterocycles. The molecule has 0 saturated heterocycles. The Kier molecular flexibility index (Phi) is 3.69. The second kappa shape index (κ2) is 5.53. The van der Waals surface area contributed by atoms with Gasteiger partial charge in [0.15, 0.2) is 5.82 Å². The molecule has 0 bridgehead atoms. The number of thiophene rings is 1. The van der Waals surface area contributed by atoms with Gasteiger partial charge in [0.25, 0.3) is 5.91 Å². The van der Waals surface area contributed by atoms with Gasteiger partial charge in [-0.25, -0.2) is 4.79 Å². The first-order valence-electron chi connectivity index (χ1n) is 7.01. The number of hydrogen-bond acceptors (Lipinski definition) is 5. The average molecular weight is 320 g/mol. The summed E-state index contributed by atoms with van der Waals surface area (Å²) in [5, 5.41) is 19.4. The van der Waals surface area contributed by atoms with Crippen LogP contribution in [0.15, 0.2) is 11.4 Å². The molecule has 8 heteroatoms. The fourth-order valence-electron chi connectivity index (χ4n) is 2.67. The molecule has 1 atom stereocenters. The van der Waals surface area contributed by atoms with Crippen molar-refractivity contribution in [2.45, 2.75) is 39.4 Å². The monoisotopic (exact) mass is 320 g/mol. The molecular weight excluding hydrogens is 304 g/mol. The highest BCUT2D eigenvalue weighted by molar-refractivity contribution is 7.12. The van der Waals surface area contributed by atoms with Crippen LogP contribution in [0.3, 0.4) is 0 Å². The number of hydrogen-bond donors (Lipinski definition) is 1. The number of carboxylic acids is 1. The Balaban J connectivity index is 1.97. The van der Waals surface area contributed by atoms with Crippen molar-refractivity contribution in [2.24, 2.45) is 0 Å². The number of carbonyl (C=O) groups is 2. The van der Waals surface area contributed by atoms with Gasteiger partial charge in [-0.05, 0) is 30.4 Å². The normalized spacial score (nSPS) is 17.4. The van der Waals surface area contributed by atoms with Crippen molar-refractivity contribution in [3.63, 3.8) is 0 Å². The van der Waals surface area contributed by atoms with Gasteiger partial charge in [-0.1, -0.05) is 6.92 Å². The lowest BCUT2D eigenvalue weighted by Crippen LogP contribution is -2.50. The fraction of sp³-hybridized carbons (Fsp3) is 0.429. The van der Waals surface area contributed by atoms with E-state index >= 15 is 0 Å². The highest BCUT2D eigenvalue weighted by atomic mass is 32.1. The van der Waals surface area contributed by atoms with E-state index in [4.69, 9.17) is 0 Å². The van der Waals surface area contributed by atoms with Crippen molar-refractivity contribution >= 4 is 23.2 Å². The van der Waals surface area contributed by atoms with Gasteiger partial charge in [0.1, 0.15) is 11.9 Å². The lowest BCUT2D eigenvalue weighted by atomic mass is 10.1. The summed E-state index contributed by atoms with van der Waals surface area (Å²) < 4.78 is 1.76. The second-order valence-corrected chi connectivity index (χ2v) is 6.11. The number of aliphatic carboxylic acids is 1. The lowest BCUT2D eigenvalue weighted by Gasteiger charge is -2.33. The number of nitrogens with zero attached hydrogens (tertiary/aromatic N) is 4. The Morgan fingerprint density at radius 2 is 2.23 bits per heavy atom. The van der Waals surface area contributed by atoms with Gasteiger partial charge in [-0.15, -0.1) is 21.5 Å². The SMILES string of the molecule is CCc1ccsc1C(=O)N1Cc2nnc(C)n2CC1C(=O)O. The fourth-order valence-corrected chi connectivity index (χ4v) is 3.62. The predicted octanol–water partition coefficient (Wildman–Crippen LogP) is 1.32. The largest absolute Gasteiger partial charge is 0.480 e. The maximum absolute atomic E-state index is 12.8. The lowest BCUT2D eigenvalue weighted by molar-refractivity contribution is -0.143. The highest BCUT2D eigenvalue weighted by Gasteiger charge is 2.37. The topological polar surface area (TPSA) is 88.3 Å². The predicted molar refractivity (Wildman–Crippen MR) is 79.8 cm³/mol. The van der Waals surface area contributed by atoms with Crippen molar-refractivity contribution in [1.29, 1.82) is 0 Å². The van der Waals surface area contributed by atoms with Crippen molar-refractivity contribution in [3.05, 3.63) is 33.5 Å². The van der Waals surface area contributed by atoms with Crippen LogP contribution in [0.5, 0.6) is 0 Å². The molecule has 7 nitrogen and oxygen atoms in total. The van der Waals surface area contributed by atoms with Crippen molar-refractivity contribution < 1.29 is 14.7 Å². The summed E-state index contributed by atoms with van der Waals surface area (Å²) in [5.41, 5.74) is 0.947. The zero-order chi connectivity index (χ0) is 15.9. The van der Waals surface area contributed by atoms with E-state index in [2.05, 4.69) is 10.2 Å². The number of aryl methyl sites for hydroxylation is 2. The van der Waals surface area contributed by atoms with Crippen LogP contribution in [0.25, 0.3) is 0 Å². The molecule has 3 rings (SSSR count). The molecule has 1 N–H and O–H groups in total. The number of fused-ring (bicyclic) bond motifs is 1. The van der Waals surface area contributed by atoms with Gasteiger partial charge in [-0.2, -0.15) is 0 Å². The van der Waals surface area contributed by atoms with E-state index in [-0.39, 0.29) is 19.0 Å². The van der Waals surface area contributed by atoms with Crippen molar-refractivity contribution in [1.82, 2.24) is 19.7 Å². The van der Waals surface area contributed by atoms with Crippen molar-refractivity contribution in [3.8, 4) is 0 Å². The third kappa shape index (κ3) is 2.29. The minimum absolute atomic E-state index is 0.164. The van der Waals surface area contributed by atoms with Gasteiger partial charge in [0.05, 0.1) is 18.0 Å². The van der Waals surface area contributed by atoms with Crippen LogP contribution in [0.4, 0.5) is 0 Å². The molecule has 1 unspecified atom stereocenters. The second-order valence-electron chi connectivity index (χ2n) is 5.19. The number of carbonyl (C=O) groups excluding carboxylic acids is 1. The zero-order valence-electron chi connectivity index (χ0n) is 12.3. The van der Waals surface area contributed by atoms with E-state index in [0.717, 1.165) is 12.0 Å². The van der Waals surface area contributed by atoms with Crippen molar-refractivity contribution in [2.75, 3.05) is 0 Å². The van der Waals surface area contributed by atoms with E-state index in [0.29, 0.717) is 16.5 Å². The Labute approximate surface area is 131 Å². The molecule has 22 heavy (non-hydrogen) atoms. The summed E-state index contributed by atoms with van der Waals surface area (Å²) in [6.07, 6.45) is 0.742. The summed E-state index contributed by atoms with van der Waals surface area (Å²) in [5.74, 6) is 0.0320. The van der Waals surface area contributed by atoms with Gasteiger partial charge in [-0.3, -0.25) is 4.79 Å². The molecule has 1 aliphatic rings. The smallest absolute Gasteiger partial charge is 0.328 e. The minimum atomic E-state index is -1.01. The first kappa shape index (κ1) is 14.7. The third-order valence-electron chi connectivity index (χ3n) is 3.92. The molecule has 0 saturated carbocycles. The third-order valence-corrected chi connectivity index (χ3v) is 4.87. The van der Waals surface area contributed by atoms with Gasteiger partial charge in [0, 0.05) is 0 Å². The summed E-state index contributed by atoms with van der Waals surface area (Å²) in [7, 11) is 0.